The van der Waals surface area contributed by atoms with Crippen molar-refractivity contribution in [1.82, 2.24) is 10.6 Å². The van der Waals surface area contributed by atoms with Crippen LogP contribution in [0.1, 0.15) is 38.5 Å². The van der Waals surface area contributed by atoms with Crippen LogP contribution in [0.25, 0.3) is 0 Å². The summed E-state index contributed by atoms with van der Waals surface area (Å²) in [4.78, 5) is 44.7. The molecule has 0 heterocycles. The normalized spacial score (nSPS) is 22.7. The van der Waals surface area contributed by atoms with Gasteiger partial charge in [0.15, 0.2) is 6.49 Å². The summed E-state index contributed by atoms with van der Waals surface area (Å²) in [7, 11) is 1.47. The minimum atomic E-state index is -2.70. The van der Waals surface area contributed by atoms with Crippen molar-refractivity contribution in [2.45, 2.75) is 50.7 Å². The molecule has 0 bridgehead atoms. The van der Waals surface area contributed by atoms with Gasteiger partial charge in [0, 0.05) is 26.1 Å². The second-order valence-electron chi connectivity index (χ2n) is 6.06. The van der Waals surface area contributed by atoms with Crippen molar-refractivity contribution in [2.24, 2.45) is 11.7 Å². The van der Waals surface area contributed by atoms with Gasteiger partial charge in [-0.25, -0.2) is 0 Å². The maximum absolute atomic E-state index is 12.4. The summed E-state index contributed by atoms with van der Waals surface area (Å²) in [6.45, 7) is 4.81. The Labute approximate surface area is 160 Å². The molecule has 0 aromatic rings. The van der Waals surface area contributed by atoms with Crippen LogP contribution in [0.3, 0.4) is 0 Å². The van der Waals surface area contributed by atoms with E-state index >= 15 is 0 Å². The number of amides is 3. The Morgan fingerprint density at radius 3 is 2.27 bits per heavy atom. The summed E-state index contributed by atoms with van der Waals surface area (Å²) >= 11 is 4.88. The molecular formula is C16H30N3O5PS. The van der Waals surface area contributed by atoms with Gasteiger partial charge in [0.05, 0.1) is 6.10 Å². The van der Waals surface area contributed by atoms with Gasteiger partial charge in [0.25, 0.3) is 0 Å². The standard InChI is InChI=1S/C14H26N3O5PS.C2H4/c1-16-14(20)11(7-8-12(15)18)17-13(19)9-3-5-10(6-4-9)22-23(2,21)24;1-2/h9-11H,3-8H2,1-2H3,(H2,15,18)(H,16,20)(H,17,19)(H,21,24);1-2H2. The highest BCUT2D eigenvalue weighted by Gasteiger charge is 2.30. The van der Waals surface area contributed by atoms with Crippen LogP contribution in [0.4, 0.5) is 0 Å². The van der Waals surface area contributed by atoms with Crippen molar-refractivity contribution in [1.29, 1.82) is 0 Å². The molecule has 0 aliphatic heterocycles. The van der Waals surface area contributed by atoms with Gasteiger partial charge in [0.2, 0.25) is 17.7 Å². The lowest BCUT2D eigenvalue weighted by atomic mass is 9.86. The van der Waals surface area contributed by atoms with Gasteiger partial charge in [0.1, 0.15) is 6.04 Å². The van der Waals surface area contributed by atoms with E-state index < -0.39 is 18.4 Å². The van der Waals surface area contributed by atoms with Crippen molar-refractivity contribution >= 4 is 36.0 Å². The number of nitrogens with two attached hydrogens (primary N) is 1. The molecule has 0 radical (unpaired) electrons. The van der Waals surface area contributed by atoms with E-state index in [9.17, 15) is 19.3 Å². The van der Waals surface area contributed by atoms with Crippen LogP contribution in [-0.2, 0) is 30.7 Å². The molecule has 0 spiro atoms. The fourth-order valence-electron chi connectivity index (χ4n) is 2.73. The first-order valence-electron chi connectivity index (χ1n) is 8.41. The van der Waals surface area contributed by atoms with Crippen LogP contribution < -0.4 is 16.4 Å². The molecule has 1 aliphatic carbocycles. The minimum absolute atomic E-state index is 0.0244. The van der Waals surface area contributed by atoms with E-state index in [1.807, 2.05) is 0 Å². The Kier molecular flexibility index (Phi) is 11.6. The average Bonchev–Trinajstić information content (AvgIpc) is 2.58. The van der Waals surface area contributed by atoms with Crippen LogP contribution in [0.5, 0.6) is 0 Å². The first kappa shape index (κ1) is 24.7. The predicted molar refractivity (Wildman–Crippen MR) is 105 cm³/mol. The third-order valence-corrected chi connectivity index (χ3v) is 4.90. The Morgan fingerprint density at radius 1 is 1.31 bits per heavy atom. The first-order chi connectivity index (χ1) is 12.1. The predicted octanol–water partition coefficient (Wildman–Crippen LogP) is 0.792. The maximum Gasteiger partial charge on any atom is 0.242 e. The van der Waals surface area contributed by atoms with E-state index in [-0.39, 0.29) is 36.7 Å². The Hall–Kier alpha value is -1.28. The molecule has 1 rings (SSSR count). The molecule has 3 amide bonds. The second-order valence-corrected chi connectivity index (χ2v) is 9.91. The SMILES string of the molecule is C=C.CNC(=O)C(CCC(N)=O)NC(=O)C1CCC(OP(C)(O)=S)CC1. The summed E-state index contributed by atoms with van der Waals surface area (Å²) < 4.78 is 5.44. The van der Waals surface area contributed by atoms with Crippen molar-refractivity contribution < 1.29 is 23.8 Å². The van der Waals surface area contributed by atoms with Crippen LogP contribution in [-0.4, -0.2) is 48.5 Å². The highest BCUT2D eigenvalue weighted by atomic mass is 32.5. The van der Waals surface area contributed by atoms with Crippen LogP contribution in [0, 0.1) is 5.92 Å². The fourth-order valence-corrected chi connectivity index (χ4v) is 3.86. The summed E-state index contributed by atoms with van der Waals surface area (Å²) in [5, 5.41) is 5.16. The zero-order valence-electron chi connectivity index (χ0n) is 15.4. The number of hydrogen-bond donors (Lipinski definition) is 4. The van der Waals surface area contributed by atoms with E-state index in [0.29, 0.717) is 25.7 Å². The summed E-state index contributed by atoms with van der Waals surface area (Å²) in [5.74, 6) is -1.31. The Morgan fingerprint density at radius 2 is 1.85 bits per heavy atom. The number of rotatable bonds is 8. The highest BCUT2D eigenvalue weighted by molar-refractivity contribution is 8.09. The highest BCUT2D eigenvalue weighted by Crippen LogP contribution is 2.42. The Bertz CT molecular complexity index is 532. The third-order valence-electron chi connectivity index (χ3n) is 3.95. The van der Waals surface area contributed by atoms with Crippen LogP contribution >= 0.6 is 6.49 Å². The molecule has 0 saturated heterocycles. The zero-order chi connectivity index (χ0) is 20.3. The van der Waals surface area contributed by atoms with Crippen LogP contribution in [0.2, 0.25) is 0 Å². The molecule has 5 N–H and O–H groups in total. The molecule has 26 heavy (non-hydrogen) atoms. The van der Waals surface area contributed by atoms with E-state index in [1.165, 1.54) is 13.7 Å². The molecule has 1 fully saturated rings. The monoisotopic (exact) mass is 407 g/mol. The number of nitrogens with one attached hydrogen (secondary N) is 2. The van der Waals surface area contributed by atoms with Crippen molar-refractivity contribution in [2.75, 3.05) is 13.7 Å². The van der Waals surface area contributed by atoms with Crippen molar-refractivity contribution in [3.05, 3.63) is 13.2 Å². The maximum atomic E-state index is 12.4. The summed E-state index contributed by atoms with van der Waals surface area (Å²) in [6.07, 6.45) is 2.54. The minimum Gasteiger partial charge on any atom is -0.370 e. The third kappa shape index (κ3) is 10.0. The van der Waals surface area contributed by atoms with E-state index in [0.717, 1.165) is 0 Å². The summed E-state index contributed by atoms with van der Waals surface area (Å²) in [6, 6.07) is -0.775. The topological polar surface area (TPSA) is 131 Å². The molecule has 1 aliphatic rings. The lowest BCUT2D eigenvalue weighted by Gasteiger charge is -2.30. The first-order valence-corrected chi connectivity index (χ1v) is 11.5. The van der Waals surface area contributed by atoms with Gasteiger partial charge in [-0.3, -0.25) is 14.4 Å². The van der Waals surface area contributed by atoms with Gasteiger partial charge in [-0.2, -0.15) is 0 Å². The Balaban J connectivity index is 0.00000301. The smallest absolute Gasteiger partial charge is 0.242 e. The zero-order valence-corrected chi connectivity index (χ0v) is 17.1. The second kappa shape index (κ2) is 12.2. The number of primary amides is 1. The molecule has 2 atom stereocenters. The average molecular weight is 407 g/mol. The lowest BCUT2D eigenvalue weighted by molar-refractivity contribution is -0.132. The number of likely N-dealkylation sites (N-methyl/N-ethyl adjacent to an activating group) is 1. The number of hydrogen-bond acceptors (Lipinski definition) is 5. The molecule has 8 nitrogen and oxygen atoms in total. The van der Waals surface area contributed by atoms with Gasteiger partial charge in [-0.15, -0.1) is 13.2 Å². The quantitative estimate of drug-likeness (QED) is 0.348. The van der Waals surface area contributed by atoms with Gasteiger partial charge in [-0.1, -0.05) is 0 Å². The fraction of sp³-hybridized carbons (Fsp3) is 0.688. The largest absolute Gasteiger partial charge is 0.370 e. The lowest BCUT2D eigenvalue weighted by Crippen LogP contribution is -2.48. The number of carbonyl (C=O) groups excluding carboxylic acids is 3. The molecule has 0 aromatic heterocycles. The summed E-state index contributed by atoms with van der Waals surface area (Å²) in [5.41, 5.74) is 5.10. The van der Waals surface area contributed by atoms with E-state index in [2.05, 4.69) is 23.8 Å². The molecule has 2 unspecified atom stereocenters. The van der Waals surface area contributed by atoms with Crippen molar-refractivity contribution in [3.63, 3.8) is 0 Å². The molecule has 0 aromatic carbocycles. The van der Waals surface area contributed by atoms with E-state index in [4.69, 9.17) is 22.1 Å². The van der Waals surface area contributed by atoms with Gasteiger partial charge in [-0.05, 0) is 43.9 Å². The van der Waals surface area contributed by atoms with Gasteiger partial charge < -0.3 is 25.8 Å². The molecule has 10 heteroatoms. The molecular weight excluding hydrogens is 377 g/mol. The van der Waals surface area contributed by atoms with Crippen LogP contribution in [0.15, 0.2) is 13.2 Å². The molecule has 150 valence electrons. The molecule has 1 saturated carbocycles. The number of carbonyl (C=O) groups is 3. The van der Waals surface area contributed by atoms with Gasteiger partial charge >= 0.3 is 0 Å². The van der Waals surface area contributed by atoms with Crippen molar-refractivity contribution in [3.8, 4) is 0 Å². The van der Waals surface area contributed by atoms with E-state index in [1.54, 1.807) is 0 Å².